The summed E-state index contributed by atoms with van der Waals surface area (Å²) in [5.74, 6) is -0.694. The molecule has 1 aliphatic rings. The van der Waals surface area contributed by atoms with Crippen molar-refractivity contribution in [1.82, 2.24) is 15.2 Å². The number of aromatic amines is 2. The second-order valence-corrected chi connectivity index (χ2v) is 4.53. The van der Waals surface area contributed by atoms with E-state index < -0.39 is 17.2 Å². The number of rotatable bonds is 5. The summed E-state index contributed by atoms with van der Waals surface area (Å²) in [6.07, 6.45) is 1.34. The third kappa shape index (κ3) is 3.67. The Morgan fingerprint density at radius 2 is 2.10 bits per heavy atom. The Bertz CT molecular complexity index is 573. The van der Waals surface area contributed by atoms with Gasteiger partial charge in [0, 0.05) is 13.1 Å². The van der Waals surface area contributed by atoms with E-state index in [0.29, 0.717) is 25.9 Å². The van der Waals surface area contributed by atoms with Crippen molar-refractivity contribution in [3.05, 3.63) is 20.8 Å². The molecule has 3 N–H and O–H groups in total. The molecule has 0 aliphatic carbocycles. The summed E-state index contributed by atoms with van der Waals surface area (Å²) in [5.41, 5.74) is -1.15. The van der Waals surface area contributed by atoms with Gasteiger partial charge >= 0.3 is 11.7 Å². The molecular formula is C11H16N4O5. The van der Waals surface area contributed by atoms with Gasteiger partial charge in [0.2, 0.25) is 5.82 Å². The lowest BCUT2D eigenvalue weighted by molar-refractivity contribution is -0.138. The molecule has 9 heteroatoms. The highest BCUT2D eigenvalue weighted by atomic mass is 16.5. The third-order valence-corrected chi connectivity index (χ3v) is 3.10. The van der Waals surface area contributed by atoms with Crippen LogP contribution in [0.15, 0.2) is 9.59 Å². The summed E-state index contributed by atoms with van der Waals surface area (Å²) < 4.78 is 5.46. The highest BCUT2D eigenvalue weighted by Crippen LogP contribution is 2.16. The monoisotopic (exact) mass is 284 g/mol. The van der Waals surface area contributed by atoms with Crippen LogP contribution in [0.5, 0.6) is 0 Å². The number of anilines is 1. The fourth-order valence-corrected chi connectivity index (χ4v) is 2.10. The lowest BCUT2D eigenvalue weighted by Crippen LogP contribution is -2.41. The zero-order valence-electron chi connectivity index (χ0n) is 10.8. The summed E-state index contributed by atoms with van der Waals surface area (Å²) in [4.78, 5) is 36.8. The Balaban J connectivity index is 1.86. The van der Waals surface area contributed by atoms with E-state index >= 15 is 0 Å². The SMILES string of the molecule is O=C(O)CCOC1CCN(c2n[nH]c(=O)[nH]c2=O)CC1. The molecule has 0 amide bonds. The fraction of sp³-hybridized carbons (Fsp3) is 0.636. The van der Waals surface area contributed by atoms with Gasteiger partial charge in [-0.15, -0.1) is 5.10 Å². The predicted molar refractivity (Wildman–Crippen MR) is 68.9 cm³/mol. The number of carboxylic acid groups (broad SMARTS) is 1. The van der Waals surface area contributed by atoms with Crippen LogP contribution < -0.4 is 16.1 Å². The minimum atomic E-state index is -0.883. The van der Waals surface area contributed by atoms with Crippen LogP contribution in [0.3, 0.4) is 0 Å². The number of H-pyrrole nitrogens is 2. The zero-order chi connectivity index (χ0) is 14.5. The molecule has 2 heterocycles. The molecule has 20 heavy (non-hydrogen) atoms. The van der Waals surface area contributed by atoms with Crippen molar-refractivity contribution in [2.75, 3.05) is 24.6 Å². The van der Waals surface area contributed by atoms with Crippen LogP contribution in [0.25, 0.3) is 0 Å². The Morgan fingerprint density at radius 1 is 1.40 bits per heavy atom. The van der Waals surface area contributed by atoms with E-state index in [4.69, 9.17) is 9.84 Å². The van der Waals surface area contributed by atoms with Crippen LogP contribution >= 0.6 is 0 Å². The quantitative estimate of drug-likeness (QED) is 0.627. The normalized spacial score (nSPS) is 16.3. The Kier molecular flexibility index (Phi) is 4.51. The van der Waals surface area contributed by atoms with E-state index in [1.807, 2.05) is 0 Å². The molecule has 0 bridgehead atoms. The highest BCUT2D eigenvalue weighted by Gasteiger charge is 2.22. The van der Waals surface area contributed by atoms with Crippen molar-refractivity contribution < 1.29 is 14.6 Å². The Hall–Kier alpha value is -2.16. The minimum absolute atomic E-state index is 0.00700. The molecule has 0 unspecified atom stereocenters. The highest BCUT2D eigenvalue weighted by molar-refractivity contribution is 5.66. The van der Waals surface area contributed by atoms with Gasteiger partial charge in [-0.25, -0.2) is 9.89 Å². The molecule has 0 aromatic carbocycles. The smallest absolute Gasteiger partial charge is 0.342 e. The van der Waals surface area contributed by atoms with Crippen LogP contribution in [0.2, 0.25) is 0 Å². The Morgan fingerprint density at radius 3 is 2.70 bits per heavy atom. The molecule has 0 saturated carbocycles. The van der Waals surface area contributed by atoms with Crippen molar-refractivity contribution in [2.45, 2.75) is 25.4 Å². The van der Waals surface area contributed by atoms with Gasteiger partial charge < -0.3 is 14.7 Å². The molecule has 1 fully saturated rings. The number of piperidine rings is 1. The predicted octanol–water partition coefficient (Wildman–Crippen LogP) is -1.08. The number of hydrogen-bond acceptors (Lipinski definition) is 6. The van der Waals surface area contributed by atoms with Gasteiger partial charge in [-0.05, 0) is 12.8 Å². The number of hydrogen-bond donors (Lipinski definition) is 3. The van der Waals surface area contributed by atoms with Crippen LogP contribution in [0.4, 0.5) is 5.82 Å². The van der Waals surface area contributed by atoms with Crippen molar-refractivity contribution in [3.63, 3.8) is 0 Å². The molecule has 110 valence electrons. The standard InChI is InChI=1S/C11H16N4O5/c16-8(17)3-6-20-7-1-4-15(5-2-7)9-10(18)12-11(19)14-13-9/h7H,1-6H2,(H,16,17)(H2,12,14,18,19). The molecule has 2 rings (SSSR count). The van der Waals surface area contributed by atoms with E-state index in [2.05, 4.69) is 15.2 Å². The average molecular weight is 284 g/mol. The van der Waals surface area contributed by atoms with E-state index in [1.54, 1.807) is 4.90 Å². The number of nitrogens with zero attached hydrogens (tertiary/aromatic N) is 2. The van der Waals surface area contributed by atoms with Gasteiger partial charge in [0.15, 0.2) is 0 Å². The van der Waals surface area contributed by atoms with Gasteiger partial charge in [-0.2, -0.15) is 0 Å². The summed E-state index contributed by atoms with van der Waals surface area (Å²) in [7, 11) is 0. The lowest BCUT2D eigenvalue weighted by Gasteiger charge is -2.31. The first-order valence-corrected chi connectivity index (χ1v) is 6.33. The average Bonchev–Trinajstić information content (AvgIpc) is 2.39. The number of carboxylic acids is 1. The number of aromatic nitrogens is 3. The largest absolute Gasteiger partial charge is 0.481 e. The van der Waals surface area contributed by atoms with Crippen LogP contribution in [-0.4, -0.2) is 52.1 Å². The van der Waals surface area contributed by atoms with E-state index in [-0.39, 0.29) is 24.9 Å². The molecule has 9 nitrogen and oxygen atoms in total. The van der Waals surface area contributed by atoms with Crippen LogP contribution in [0, 0.1) is 0 Å². The maximum Gasteiger partial charge on any atom is 0.342 e. The van der Waals surface area contributed by atoms with E-state index in [9.17, 15) is 14.4 Å². The van der Waals surface area contributed by atoms with Crippen molar-refractivity contribution in [3.8, 4) is 0 Å². The summed E-state index contributed by atoms with van der Waals surface area (Å²) in [5, 5.41) is 14.5. The fourth-order valence-electron chi connectivity index (χ4n) is 2.10. The first-order chi connectivity index (χ1) is 9.56. The maximum absolute atomic E-state index is 11.6. The molecule has 1 aliphatic heterocycles. The van der Waals surface area contributed by atoms with Gasteiger partial charge in [-0.1, -0.05) is 0 Å². The topological polar surface area (TPSA) is 128 Å². The van der Waals surface area contributed by atoms with Gasteiger partial charge in [0.05, 0.1) is 19.1 Å². The number of nitrogens with one attached hydrogen (secondary N) is 2. The lowest BCUT2D eigenvalue weighted by atomic mass is 10.1. The first-order valence-electron chi connectivity index (χ1n) is 6.33. The number of aliphatic carboxylic acids is 1. The molecule has 0 atom stereocenters. The van der Waals surface area contributed by atoms with Gasteiger partial charge in [-0.3, -0.25) is 14.6 Å². The van der Waals surface area contributed by atoms with Gasteiger partial charge in [0.25, 0.3) is 5.56 Å². The molecule has 0 radical (unpaired) electrons. The zero-order valence-corrected chi connectivity index (χ0v) is 10.8. The summed E-state index contributed by atoms with van der Waals surface area (Å²) in [6, 6.07) is 0. The Labute approximate surface area is 113 Å². The number of carbonyl (C=O) groups is 1. The third-order valence-electron chi connectivity index (χ3n) is 3.10. The van der Waals surface area contributed by atoms with Crippen molar-refractivity contribution in [2.24, 2.45) is 0 Å². The van der Waals surface area contributed by atoms with Gasteiger partial charge in [0.1, 0.15) is 0 Å². The summed E-state index contributed by atoms with van der Waals surface area (Å²) >= 11 is 0. The molecule has 1 saturated heterocycles. The summed E-state index contributed by atoms with van der Waals surface area (Å²) in [6.45, 7) is 1.33. The van der Waals surface area contributed by atoms with Crippen molar-refractivity contribution in [1.29, 1.82) is 0 Å². The maximum atomic E-state index is 11.6. The second-order valence-electron chi connectivity index (χ2n) is 4.53. The number of ether oxygens (including phenoxy) is 1. The first kappa shape index (κ1) is 14.3. The van der Waals surface area contributed by atoms with Crippen LogP contribution in [-0.2, 0) is 9.53 Å². The molecule has 1 aromatic heterocycles. The molecular weight excluding hydrogens is 268 g/mol. The van der Waals surface area contributed by atoms with E-state index in [1.165, 1.54) is 0 Å². The second kappa shape index (κ2) is 6.33. The van der Waals surface area contributed by atoms with E-state index in [0.717, 1.165) is 0 Å². The minimum Gasteiger partial charge on any atom is -0.481 e. The van der Waals surface area contributed by atoms with Crippen molar-refractivity contribution >= 4 is 11.8 Å². The molecule has 0 spiro atoms. The molecule has 1 aromatic rings. The van der Waals surface area contributed by atoms with Crippen LogP contribution in [0.1, 0.15) is 19.3 Å².